The van der Waals surface area contributed by atoms with E-state index in [-0.39, 0.29) is 0 Å². The third-order valence-corrected chi connectivity index (χ3v) is 2.79. The SMILES string of the molecule is CSc1nccc(C(O)c2ccccc2)n1. The minimum atomic E-state index is -0.685. The zero-order valence-corrected chi connectivity index (χ0v) is 9.69. The van der Waals surface area contributed by atoms with E-state index < -0.39 is 6.10 Å². The smallest absolute Gasteiger partial charge is 0.187 e. The molecular weight excluding hydrogens is 220 g/mol. The van der Waals surface area contributed by atoms with Crippen LogP contribution in [0.3, 0.4) is 0 Å². The Morgan fingerprint density at radius 2 is 1.94 bits per heavy atom. The lowest BCUT2D eigenvalue weighted by Gasteiger charge is -2.10. The van der Waals surface area contributed by atoms with Gasteiger partial charge in [-0.1, -0.05) is 42.1 Å². The Morgan fingerprint density at radius 1 is 1.19 bits per heavy atom. The molecule has 4 heteroatoms. The first-order chi connectivity index (χ1) is 7.81. The van der Waals surface area contributed by atoms with E-state index >= 15 is 0 Å². The van der Waals surface area contributed by atoms with Crippen LogP contribution in [0.1, 0.15) is 17.4 Å². The standard InChI is InChI=1S/C12H12N2OS/c1-16-12-13-8-7-10(14-12)11(15)9-5-3-2-4-6-9/h2-8,11,15H,1H3. The maximum atomic E-state index is 10.1. The Balaban J connectivity index is 2.30. The van der Waals surface area contributed by atoms with Gasteiger partial charge in [0.1, 0.15) is 6.10 Å². The highest BCUT2D eigenvalue weighted by atomic mass is 32.2. The molecule has 1 atom stereocenters. The molecule has 1 aromatic carbocycles. The molecule has 1 unspecified atom stereocenters. The molecule has 1 aromatic heterocycles. The van der Waals surface area contributed by atoms with E-state index in [2.05, 4.69) is 9.97 Å². The highest BCUT2D eigenvalue weighted by molar-refractivity contribution is 7.98. The van der Waals surface area contributed by atoms with Crippen LogP contribution in [-0.2, 0) is 0 Å². The van der Waals surface area contributed by atoms with Crippen LogP contribution < -0.4 is 0 Å². The number of thioether (sulfide) groups is 1. The van der Waals surface area contributed by atoms with Crippen molar-refractivity contribution in [3.63, 3.8) is 0 Å². The molecule has 0 aliphatic carbocycles. The van der Waals surface area contributed by atoms with Gasteiger partial charge in [-0.3, -0.25) is 0 Å². The molecule has 1 N–H and O–H groups in total. The van der Waals surface area contributed by atoms with E-state index in [1.165, 1.54) is 11.8 Å². The van der Waals surface area contributed by atoms with E-state index in [1.807, 2.05) is 36.6 Å². The quantitative estimate of drug-likeness (QED) is 0.651. The summed E-state index contributed by atoms with van der Waals surface area (Å²) in [5, 5.41) is 10.8. The molecule has 0 aliphatic rings. The summed E-state index contributed by atoms with van der Waals surface area (Å²) in [6.07, 6.45) is 2.89. The molecule has 0 radical (unpaired) electrons. The molecule has 0 spiro atoms. The highest BCUT2D eigenvalue weighted by Gasteiger charge is 2.11. The second-order valence-electron chi connectivity index (χ2n) is 3.28. The summed E-state index contributed by atoms with van der Waals surface area (Å²) in [5.41, 5.74) is 1.47. The van der Waals surface area contributed by atoms with Crippen molar-refractivity contribution < 1.29 is 5.11 Å². The van der Waals surface area contributed by atoms with Crippen molar-refractivity contribution in [2.75, 3.05) is 6.26 Å². The van der Waals surface area contributed by atoms with Crippen molar-refractivity contribution in [3.05, 3.63) is 53.9 Å². The molecule has 0 amide bonds. The molecule has 2 rings (SSSR count). The molecule has 2 aromatic rings. The van der Waals surface area contributed by atoms with E-state index in [0.717, 1.165) is 5.56 Å². The van der Waals surface area contributed by atoms with Crippen LogP contribution >= 0.6 is 11.8 Å². The zero-order valence-electron chi connectivity index (χ0n) is 8.87. The Bertz CT molecular complexity index is 462. The van der Waals surface area contributed by atoms with E-state index in [1.54, 1.807) is 12.3 Å². The molecular formula is C12H12N2OS. The van der Waals surface area contributed by atoms with Gasteiger partial charge in [-0.15, -0.1) is 0 Å². The van der Waals surface area contributed by atoms with E-state index in [4.69, 9.17) is 0 Å². The van der Waals surface area contributed by atoms with Crippen LogP contribution in [0.15, 0.2) is 47.8 Å². The van der Waals surface area contributed by atoms with Crippen LogP contribution in [0.25, 0.3) is 0 Å². The molecule has 0 aliphatic heterocycles. The van der Waals surface area contributed by atoms with Crippen molar-refractivity contribution in [3.8, 4) is 0 Å². The van der Waals surface area contributed by atoms with Gasteiger partial charge in [-0.05, 0) is 17.9 Å². The zero-order chi connectivity index (χ0) is 11.4. The average molecular weight is 232 g/mol. The van der Waals surface area contributed by atoms with Gasteiger partial charge in [0.25, 0.3) is 0 Å². The number of aromatic nitrogens is 2. The Hall–Kier alpha value is -1.39. The highest BCUT2D eigenvalue weighted by Crippen LogP contribution is 2.20. The predicted octanol–water partition coefficient (Wildman–Crippen LogP) is 2.28. The second-order valence-corrected chi connectivity index (χ2v) is 4.05. The van der Waals surface area contributed by atoms with Crippen molar-refractivity contribution in [1.29, 1.82) is 0 Å². The normalized spacial score (nSPS) is 12.4. The molecule has 0 saturated heterocycles. The number of rotatable bonds is 3. The molecule has 1 heterocycles. The maximum Gasteiger partial charge on any atom is 0.187 e. The van der Waals surface area contributed by atoms with Crippen LogP contribution in [0.4, 0.5) is 0 Å². The Labute approximate surface area is 98.6 Å². The van der Waals surface area contributed by atoms with Crippen molar-refractivity contribution in [2.24, 2.45) is 0 Å². The summed E-state index contributed by atoms with van der Waals surface area (Å²) in [5.74, 6) is 0. The molecule has 0 saturated carbocycles. The van der Waals surface area contributed by atoms with Crippen LogP contribution in [0, 0.1) is 0 Å². The lowest BCUT2D eigenvalue weighted by atomic mass is 10.1. The number of benzene rings is 1. The average Bonchev–Trinajstić information content (AvgIpc) is 2.39. The number of nitrogens with zero attached hydrogens (tertiary/aromatic N) is 2. The van der Waals surface area contributed by atoms with Gasteiger partial charge in [0.05, 0.1) is 5.69 Å². The first-order valence-electron chi connectivity index (χ1n) is 4.91. The van der Waals surface area contributed by atoms with Crippen molar-refractivity contribution >= 4 is 11.8 Å². The van der Waals surface area contributed by atoms with Gasteiger partial charge in [0.2, 0.25) is 0 Å². The molecule has 0 fully saturated rings. The van der Waals surface area contributed by atoms with Crippen molar-refractivity contribution in [1.82, 2.24) is 9.97 Å². The Kier molecular flexibility index (Phi) is 3.54. The van der Waals surface area contributed by atoms with Gasteiger partial charge >= 0.3 is 0 Å². The summed E-state index contributed by atoms with van der Waals surface area (Å²) in [6.45, 7) is 0. The second kappa shape index (κ2) is 5.09. The van der Waals surface area contributed by atoms with Gasteiger partial charge in [-0.2, -0.15) is 0 Å². The summed E-state index contributed by atoms with van der Waals surface area (Å²) in [7, 11) is 0. The summed E-state index contributed by atoms with van der Waals surface area (Å²) < 4.78 is 0. The van der Waals surface area contributed by atoms with E-state index in [0.29, 0.717) is 10.9 Å². The number of aliphatic hydroxyl groups excluding tert-OH is 1. The predicted molar refractivity (Wildman–Crippen MR) is 64.3 cm³/mol. The first kappa shape index (κ1) is 11.1. The summed E-state index contributed by atoms with van der Waals surface area (Å²) in [6, 6.07) is 11.2. The minimum absolute atomic E-state index is 0.630. The summed E-state index contributed by atoms with van der Waals surface area (Å²) in [4.78, 5) is 8.34. The van der Waals surface area contributed by atoms with Gasteiger partial charge in [-0.25, -0.2) is 9.97 Å². The van der Waals surface area contributed by atoms with Crippen molar-refractivity contribution in [2.45, 2.75) is 11.3 Å². The third kappa shape index (κ3) is 2.40. The minimum Gasteiger partial charge on any atom is -0.382 e. The fourth-order valence-corrected chi connectivity index (χ4v) is 1.77. The molecule has 0 bridgehead atoms. The fourth-order valence-electron chi connectivity index (χ4n) is 1.41. The van der Waals surface area contributed by atoms with Crippen LogP contribution in [0.5, 0.6) is 0 Å². The molecule has 82 valence electrons. The molecule has 16 heavy (non-hydrogen) atoms. The lowest BCUT2D eigenvalue weighted by molar-refractivity contribution is 0.214. The monoisotopic (exact) mass is 232 g/mol. The van der Waals surface area contributed by atoms with Crippen LogP contribution in [0.2, 0.25) is 0 Å². The number of aliphatic hydroxyl groups is 1. The van der Waals surface area contributed by atoms with Crippen LogP contribution in [-0.4, -0.2) is 21.3 Å². The largest absolute Gasteiger partial charge is 0.382 e. The lowest BCUT2D eigenvalue weighted by Crippen LogP contribution is -2.03. The topological polar surface area (TPSA) is 46.0 Å². The number of hydrogen-bond acceptors (Lipinski definition) is 4. The summed E-state index contributed by atoms with van der Waals surface area (Å²) >= 11 is 1.46. The maximum absolute atomic E-state index is 10.1. The fraction of sp³-hybridized carbons (Fsp3) is 0.167. The molecule has 3 nitrogen and oxygen atoms in total. The van der Waals surface area contributed by atoms with E-state index in [9.17, 15) is 5.11 Å². The van der Waals surface area contributed by atoms with Gasteiger partial charge in [0, 0.05) is 6.20 Å². The van der Waals surface area contributed by atoms with Gasteiger partial charge < -0.3 is 5.11 Å². The van der Waals surface area contributed by atoms with Gasteiger partial charge in [0.15, 0.2) is 5.16 Å². The Morgan fingerprint density at radius 3 is 2.62 bits per heavy atom. The number of hydrogen-bond donors (Lipinski definition) is 1. The first-order valence-corrected chi connectivity index (χ1v) is 6.13. The third-order valence-electron chi connectivity index (χ3n) is 2.23.